The van der Waals surface area contributed by atoms with E-state index in [9.17, 15) is 20.0 Å². The molecule has 3 rings (SSSR count). The number of carbonyl (C=O) groups is 1. The molecule has 9 nitrogen and oxygen atoms in total. The second-order valence-corrected chi connectivity index (χ2v) is 5.58. The number of carboxylic acids is 1. The Labute approximate surface area is 142 Å². The van der Waals surface area contributed by atoms with Crippen molar-refractivity contribution in [1.29, 1.82) is 0 Å². The fraction of sp³-hybridized carbons (Fsp3) is 0.375. The van der Waals surface area contributed by atoms with E-state index in [1.165, 1.54) is 24.3 Å². The summed E-state index contributed by atoms with van der Waals surface area (Å²) in [5.41, 5.74) is 0.417. The van der Waals surface area contributed by atoms with Crippen LogP contribution in [0.3, 0.4) is 0 Å². The molecule has 1 fully saturated rings. The summed E-state index contributed by atoms with van der Waals surface area (Å²) in [6, 6.07) is 5.67. The lowest BCUT2D eigenvalue weighted by atomic mass is 10.0. The van der Waals surface area contributed by atoms with E-state index >= 15 is 0 Å². The molecule has 9 heteroatoms. The summed E-state index contributed by atoms with van der Waals surface area (Å²) in [6.07, 6.45) is 2.19. The lowest BCUT2D eigenvalue weighted by Crippen LogP contribution is -2.25. The third-order valence-electron chi connectivity index (χ3n) is 3.91. The van der Waals surface area contributed by atoms with Crippen molar-refractivity contribution in [2.75, 3.05) is 6.61 Å². The topological polar surface area (TPSA) is 125 Å². The van der Waals surface area contributed by atoms with Crippen molar-refractivity contribution in [3.05, 3.63) is 57.5 Å². The number of hydrogen-bond acceptors (Lipinski definition) is 7. The monoisotopic (exact) mass is 348 g/mol. The zero-order valence-electron chi connectivity index (χ0n) is 13.2. The van der Waals surface area contributed by atoms with Gasteiger partial charge in [0.05, 0.1) is 4.92 Å². The van der Waals surface area contributed by atoms with Crippen LogP contribution in [0.1, 0.15) is 47.0 Å². The number of hydrogen-bond donors (Lipinski definition) is 1. The number of rotatable bonds is 6. The van der Waals surface area contributed by atoms with Crippen molar-refractivity contribution >= 4 is 11.7 Å². The van der Waals surface area contributed by atoms with E-state index < -0.39 is 23.3 Å². The van der Waals surface area contributed by atoms with Crippen LogP contribution in [0.25, 0.3) is 0 Å². The van der Waals surface area contributed by atoms with Gasteiger partial charge in [-0.3, -0.25) is 10.1 Å². The van der Waals surface area contributed by atoms with Gasteiger partial charge in [-0.2, -0.15) is 0 Å². The van der Waals surface area contributed by atoms with Gasteiger partial charge in [-0.25, -0.2) is 4.79 Å². The Morgan fingerprint density at radius 1 is 1.36 bits per heavy atom. The molecule has 0 unspecified atom stereocenters. The molecule has 25 heavy (non-hydrogen) atoms. The number of nitro benzene ring substituents is 1. The SMILES string of the molecule is O=C(O)c1conc1[C@@H](O[C@@H]1CCCCO1)c1ccc([N+](=O)[O-])cc1. The van der Waals surface area contributed by atoms with Gasteiger partial charge in [-0.05, 0) is 37.0 Å². The van der Waals surface area contributed by atoms with Crippen LogP contribution in [-0.4, -0.2) is 34.1 Å². The summed E-state index contributed by atoms with van der Waals surface area (Å²) < 4.78 is 16.3. The largest absolute Gasteiger partial charge is 0.478 e. The molecule has 1 aromatic heterocycles. The maximum atomic E-state index is 11.4. The van der Waals surface area contributed by atoms with Crippen molar-refractivity contribution < 1.29 is 28.8 Å². The number of nitro groups is 1. The second kappa shape index (κ2) is 7.41. The van der Waals surface area contributed by atoms with Gasteiger partial charge in [-0.1, -0.05) is 5.16 Å². The normalized spacial score (nSPS) is 18.6. The van der Waals surface area contributed by atoms with Crippen LogP contribution < -0.4 is 0 Å². The third-order valence-corrected chi connectivity index (χ3v) is 3.91. The maximum absolute atomic E-state index is 11.4. The van der Waals surface area contributed by atoms with E-state index in [0.29, 0.717) is 18.6 Å². The van der Waals surface area contributed by atoms with Gasteiger partial charge in [0.25, 0.3) is 5.69 Å². The predicted molar refractivity (Wildman–Crippen MR) is 83.1 cm³/mol. The first-order chi connectivity index (χ1) is 12.1. The molecule has 132 valence electrons. The van der Waals surface area contributed by atoms with Gasteiger partial charge in [0, 0.05) is 18.7 Å². The summed E-state index contributed by atoms with van der Waals surface area (Å²) in [7, 11) is 0. The van der Waals surface area contributed by atoms with E-state index in [1.807, 2.05) is 0 Å². The first kappa shape index (κ1) is 17.1. The molecule has 0 bridgehead atoms. The van der Waals surface area contributed by atoms with Gasteiger partial charge in [0.2, 0.25) is 0 Å². The predicted octanol–water partition coefficient (Wildman–Crippen LogP) is 2.91. The first-order valence-corrected chi connectivity index (χ1v) is 7.75. The maximum Gasteiger partial charge on any atom is 0.341 e. The molecule has 1 aromatic carbocycles. The second-order valence-electron chi connectivity index (χ2n) is 5.58. The number of ether oxygens (including phenoxy) is 2. The first-order valence-electron chi connectivity index (χ1n) is 7.75. The van der Waals surface area contributed by atoms with Crippen molar-refractivity contribution in [3.63, 3.8) is 0 Å². The minimum atomic E-state index is -1.20. The van der Waals surface area contributed by atoms with Crippen molar-refractivity contribution in [2.45, 2.75) is 31.7 Å². The van der Waals surface area contributed by atoms with Gasteiger partial charge in [-0.15, -0.1) is 0 Å². The molecule has 2 atom stereocenters. The van der Waals surface area contributed by atoms with Crippen LogP contribution >= 0.6 is 0 Å². The zero-order chi connectivity index (χ0) is 17.8. The van der Waals surface area contributed by atoms with E-state index in [2.05, 4.69) is 5.16 Å². The molecule has 2 aromatic rings. The number of aromatic nitrogens is 1. The number of aromatic carboxylic acids is 1. The van der Waals surface area contributed by atoms with Gasteiger partial charge in [0.15, 0.2) is 6.29 Å². The van der Waals surface area contributed by atoms with Crippen molar-refractivity contribution in [1.82, 2.24) is 5.16 Å². The molecule has 2 heterocycles. The Kier molecular flexibility index (Phi) is 5.05. The average Bonchev–Trinajstić information content (AvgIpc) is 3.10. The number of non-ortho nitro benzene ring substituents is 1. The molecule has 0 aliphatic carbocycles. The zero-order valence-corrected chi connectivity index (χ0v) is 13.2. The Balaban J connectivity index is 1.94. The molecule has 1 aliphatic rings. The van der Waals surface area contributed by atoms with Crippen LogP contribution in [0.4, 0.5) is 5.69 Å². The Morgan fingerprint density at radius 3 is 2.72 bits per heavy atom. The average molecular weight is 348 g/mol. The summed E-state index contributed by atoms with van der Waals surface area (Å²) >= 11 is 0. The van der Waals surface area contributed by atoms with Gasteiger partial charge >= 0.3 is 5.97 Å². The molecule has 1 aliphatic heterocycles. The summed E-state index contributed by atoms with van der Waals surface area (Å²) in [4.78, 5) is 21.7. The standard InChI is InChI=1S/C16H16N2O7/c19-16(20)12-9-24-17-14(12)15(25-13-3-1-2-8-23-13)10-4-6-11(7-5-10)18(21)22/h4-7,9,13,15H,1-3,8H2,(H,19,20)/t13-,15+/m1/s1. The highest BCUT2D eigenvalue weighted by atomic mass is 16.7. The lowest BCUT2D eigenvalue weighted by Gasteiger charge is -2.27. The quantitative estimate of drug-likeness (QED) is 0.624. The number of carboxylic acid groups (broad SMARTS) is 1. The van der Waals surface area contributed by atoms with Gasteiger partial charge in [0.1, 0.15) is 23.6 Å². The molecule has 1 N–H and O–H groups in total. The smallest absolute Gasteiger partial charge is 0.341 e. The van der Waals surface area contributed by atoms with Gasteiger partial charge < -0.3 is 19.1 Å². The van der Waals surface area contributed by atoms with E-state index in [0.717, 1.165) is 19.1 Å². The summed E-state index contributed by atoms with van der Waals surface area (Å²) in [5, 5.41) is 23.9. The molecular weight excluding hydrogens is 332 g/mol. The third kappa shape index (κ3) is 3.83. The molecule has 0 spiro atoms. The van der Waals surface area contributed by atoms with Crippen molar-refractivity contribution in [2.24, 2.45) is 0 Å². The lowest BCUT2D eigenvalue weighted by molar-refractivity contribution is -0.384. The molecular formula is C16H16N2O7. The van der Waals surface area contributed by atoms with E-state index in [1.54, 1.807) is 0 Å². The fourth-order valence-corrected chi connectivity index (χ4v) is 2.64. The summed E-state index contributed by atoms with van der Waals surface area (Å²) in [5.74, 6) is -1.20. The Hall–Kier alpha value is -2.78. The van der Waals surface area contributed by atoms with E-state index in [-0.39, 0.29) is 16.9 Å². The van der Waals surface area contributed by atoms with Crippen LogP contribution in [0.5, 0.6) is 0 Å². The Bertz CT molecular complexity index is 750. The summed E-state index contributed by atoms with van der Waals surface area (Å²) in [6.45, 7) is 0.558. The highest BCUT2D eigenvalue weighted by Crippen LogP contribution is 2.32. The van der Waals surface area contributed by atoms with Crippen LogP contribution in [0.15, 0.2) is 35.1 Å². The molecule has 0 amide bonds. The highest BCUT2D eigenvalue weighted by Gasteiger charge is 2.29. The Morgan fingerprint density at radius 2 is 2.12 bits per heavy atom. The number of nitrogens with zero attached hydrogens (tertiary/aromatic N) is 2. The number of benzene rings is 1. The molecule has 1 saturated heterocycles. The van der Waals surface area contributed by atoms with Crippen molar-refractivity contribution in [3.8, 4) is 0 Å². The highest BCUT2D eigenvalue weighted by molar-refractivity contribution is 5.88. The fourth-order valence-electron chi connectivity index (χ4n) is 2.64. The minimum absolute atomic E-state index is 0.0740. The van der Waals surface area contributed by atoms with Crippen LogP contribution in [-0.2, 0) is 9.47 Å². The minimum Gasteiger partial charge on any atom is -0.478 e. The molecule has 0 radical (unpaired) electrons. The molecule has 0 saturated carbocycles. The van der Waals surface area contributed by atoms with E-state index in [4.69, 9.17) is 14.0 Å². The van der Waals surface area contributed by atoms with Crippen LogP contribution in [0.2, 0.25) is 0 Å². The van der Waals surface area contributed by atoms with Crippen LogP contribution in [0, 0.1) is 10.1 Å².